The van der Waals surface area contributed by atoms with E-state index >= 15 is 0 Å². The molecule has 0 radical (unpaired) electrons. The summed E-state index contributed by atoms with van der Waals surface area (Å²) >= 11 is 1.87. The summed E-state index contributed by atoms with van der Waals surface area (Å²) in [7, 11) is 0. The van der Waals surface area contributed by atoms with Gasteiger partial charge in [0, 0.05) is 11.3 Å². The van der Waals surface area contributed by atoms with Crippen molar-refractivity contribution in [3.63, 3.8) is 0 Å². The molecule has 0 bridgehead atoms. The molecule has 2 nitrogen and oxygen atoms in total. The lowest BCUT2D eigenvalue weighted by atomic mass is 10.2. The topological polar surface area (TPSA) is 29.5 Å². The third-order valence-corrected chi connectivity index (χ3v) is 2.73. The Morgan fingerprint density at radius 3 is 2.69 bits per heavy atom. The van der Waals surface area contributed by atoms with Crippen molar-refractivity contribution in [3.8, 4) is 17.6 Å². The van der Waals surface area contributed by atoms with Crippen LogP contribution >= 0.6 is 11.8 Å². The molecule has 1 aromatic carbocycles. The fourth-order valence-electron chi connectivity index (χ4n) is 1.14. The average Bonchev–Trinajstić information content (AvgIpc) is 2.33. The van der Waals surface area contributed by atoms with E-state index in [9.17, 15) is 0 Å². The lowest BCUT2D eigenvalue weighted by molar-refractivity contribution is 0.344. The number of aliphatic hydroxyl groups is 1. The fraction of sp³-hybridized carbons (Fsp3) is 0.385. The third kappa shape index (κ3) is 5.11. The van der Waals surface area contributed by atoms with Crippen LogP contribution in [0.5, 0.6) is 5.75 Å². The van der Waals surface area contributed by atoms with Crippen molar-refractivity contribution in [2.75, 3.05) is 24.7 Å². The summed E-state index contributed by atoms with van der Waals surface area (Å²) in [6, 6.07) is 7.59. The molecule has 0 aliphatic carbocycles. The van der Waals surface area contributed by atoms with Crippen LogP contribution in [0.3, 0.4) is 0 Å². The first-order valence-corrected chi connectivity index (χ1v) is 6.42. The van der Waals surface area contributed by atoms with Crippen LogP contribution in [0.15, 0.2) is 24.3 Å². The quantitative estimate of drug-likeness (QED) is 0.627. The Bertz CT molecular complexity index is 348. The Balaban J connectivity index is 2.39. The van der Waals surface area contributed by atoms with Gasteiger partial charge in [0.05, 0.1) is 6.61 Å². The van der Waals surface area contributed by atoms with E-state index in [1.807, 2.05) is 36.0 Å². The van der Waals surface area contributed by atoms with Crippen molar-refractivity contribution in [3.05, 3.63) is 29.8 Å². The molecule has 3 heteroatoms. The highest BCUT2D eigenvalue weighted by Gasteiger charge is 1.93. The normalized spacial score (nSPS) is 9.38. The van der Waals surface area contributed by atoms with Gasteiger partial charge < -0.3 is 9.84 Å². The Morgan fingerprint density at radius 2 is 2.06 bits per heavy atom. The first-order chi connectivity index (χ1) is 7.86. The number of benzene rings is 1. The molecule has 16 heavy (non-hydrogen) atoms. The zero-order valence-electron chi connectivity index (χ0n) is 9.40. The molecule has 0 spiro atoms. The van der Waals surface area contributed by atoms with Crippen molar-refractivity contribution in [1.82, 2.24) is 0 Å². The van der Waals surface area contributed by atoms with Gasteiger partial charge in [-0.3, -0.25) is 0 Å². The van der Waals surface area contributed by atoms with Gasteiger partial charge in [-0.2, -0.15) is 11.8 Å². The molecule has 1 N–H and O–H groups in total. The van der Waals surface area contributed by atoms with Gasteiger partial charge >= 0.3 is 0 Å². The lowest BCUT2D eigenvalue weighted by Crippen LogP contribution is -2.00. The van der Waals surface area contributed by atoms with Crippen molar-refractivity contribution in [2.24, 2.45) is 0 Å². The second kappa shape index (κ2) is 8.09. The van der Waals surface area contributed by atoms with Crippen LogP contribution in [0, 0.1) is 11.8 Å². The standard InChI is InChI=1S/C13H16O2S/c1-2-16-11-10-15-13-7-5-12(6-8-13)4-3-9-14/h5-8,14H,2,9-11H2,1H3. The molecule has 0 atom stereocenters. The van der Waals surface area contributed by atoms with Crippen LogP contribution in [0.2, 0.25) is 0 Å². The maximum Gasteiger partial charge on any atom is 0.119 e. The molecular weight excluding hydrogens is 220 g/mol. The predicted molar refractivity (Wildman–Crippen MR) is 68.9 cm³/mol. The largest absolute Gasteiger partial charge is 0.493 e. The molecular formula is C13H16O2S. The van der Waals surface area contributed by atoms with E-state index in [2.05, 4.69) is 18.8 Å². The maximum absolute atomic E-state index is 8.55. The summed E-state index contributed by atoms with van der Waals surface area (Å²) in [4.78, 5) is 0. The van der Waals surface area contributed by atoms with Crippen LogP contribution in [0.25, 0.3) is 0 Å². The maximum atomic E-state index is 8.55. The van der Waals surface area contributed by atoms with Gasteiger partial charge in [-0.1, -0.05) is 18.8 Å². The molecule has 0 aliphatic heterocycles. The summed E-state index contributed by atoms with van der Waals surface area (Å²) < 4.78 is 5.55. The van der Waals surface area contributed by atoms with E-state index in [1.165, 1.54) is 0 Å². The van der Waals surface area contributed by atoms with Gasteiger partial charge in [-0.25, -0.2) is 0 Å². The van der Waals surface area contributed by atoms with Crippen LogP contribution in [0.4, 0.5) is 0 Å². The Morgan fingerprint density at radius 1 is 1.31 bits per heavy atom. The minimum atomic E-state index is -0.105. The average molecular weight is 236 g/mol. The number of thioether (sulfide) groups is 1. The molecule has 0 amide bonds. The second-order valence-electron chi connectivity index (χ2n) is 3.03. The first kappa shape index (κ1) is 13.0. The SMILES string of the molecule is CCSCCOc1ccc(C#CCO)cc1. The number of hydrogen-bond donors (Lipinski definition) is 1. The zero-order valence-corrected chi connectivity index (χ0v) is 10.2. The van der Waals surface area contributed by atoms with E-state index in [0.29, 0.717) is 0 Å². The van der Waals surface area contributed by atoms with Gasteiger partial charge in [0.1, 0.15) is 12.4 Å². The fourth-order valence-corrected chi connectivity index (χ4v) is 1.63. The Hall–Kier alpha value is -1.11. The second-order valence-corrected chi connectivity index (χ2v) is 4.42. The lowest BCUT2D eigenvalue weighted by Gasteiger charge is -2.04. The summed E-state index contributed by atoms with van der Waals surface area (Å²) in [5.41, 5.74) is 0.893. The molecule has 0 heterocycles. The number of ether oxygens (including phenoxy) is 1. The monoisotopic (exact) mass is 236 g/mol. The highest BCUT2D eigenvalue weighted by atomic mass is 32.2. The zero-order chi connectivity index (χ0) is 11.6. The van der Waals surface area contributed by atoms with Gasteiger partial charge in [0.25, 0.3) is 0 Å². The number of aliphatic hydroxyl groups excluding tert-OH is 1. The summed E-state index contributed by atoms with van der Waals surface area (Å²) in [5.74, 6) is 8.45. The van der Waals surface area contributed by atoms with Gasteiger partial charge in [-0.15, -0.1) is 0 Å². The number of rotatable bonds is 5. The molecule has 0 saturated heterocycles. The molecule has 0 unspecified atom stereocenters. The minimum absolute atomic E-state index is 0.105. The van der Waals surface area contributed by atoms with Crippen LogP contribution in [-0.4, -0.2) is 29.8 Å². The first-order valence-electron chi connectivity index (χ1n) is 5.27. The summed E-state index contributed by atoms with van der Waals surface area (Å²) in [6.07, 6.45) is 0. The third-order valence-electron chi connectivity index (χ3n) is 1.87. The molecule has 0 saturated carbocycles. The highest BCUT2D eigenvalue weighted by Crippen LogP contribution is 2.12. The van der Waals surface area contributed by atoms with Gasteiger partial charge in [0.15, 0.2) is 0 Å². The van der Waals surface area contributed by atoms with E-state index in [-0.39, 0.29) is 6.61 Å². The van der Waals surface area contributed by atoms with Crippen molar-refractivity contribution in [2.45, 2.75) is 6.92 Å². The Kier molecular flexibility index (Phi) is 6.55. The smallest absolute Gasteiger partial charge is 0.119 e. The number of hydrogen-bond acceptors (Lipinski definition) is 3. The summed E-state index contributed by atoms with van der Waals surface area (Å²) in [6.45, 7) is 2.77. The highest BCUT2D eigenvalue weighted by molar-refractivity contribution is 7.99. The molecule has 1 aromatic rings. The van der Waals surface area contributed by atoms with Gasteiger partial charge in [-0.05, 0) is 30.0 Å². The van der Waals surface area contributed by atoms with Crippen molar-refractivity contribution in [1.29, 1.82) is 0 Å². The van der Waals surface area contributed by atoms with E-state index < -0.39 is 0 Å². The van der Waals surface area contributed by atoms with Crippen LogP contribution in [0.1, 0.15) is 12.5 Å². The van der Waals surface area contributed by atoms with Crippen molar-refractivity contribution >= 4 is 11.8 Å². The van der Waals surface area contributed by atoms with Crippen LogP contribution < -0.4 is 4.74 Å². The Labute approximate surface area is 101 Å². The summed E-state index contributed by atoms with van der Waals surface area (Å²) in [5, 5.41) is 8.55. The van der Waals surface area contributed by atoms with E-state index in [0.717, 1.165) is 29.4 Å². The van der Waals surface area contributed by atoms with Crippen molar-refractivity contribution < 1.29 is 9.84 Å². The minimum Gasteiger partial charge on any atom is -0.493 e. The van der Waals surface area contributed by atoms with E-state index in [4.69, 9.17) is 9.84 Å². The van der Waals surface area contributed by atoms with Gasteiger partial charge in [0.2, 0.25) is 0 Å². The predicted octanol–water partition coefficient (Wildman–Crippen LogP) is 2.16. The van der Waals surface area contributed by atoms with Crippen LogP contribution in [-0.2, 0) is 0 Å². The molecule has 0 fully saturated rings. The van der Waals surface area contributed by atoms with E-state index in [1.54, 1.807) is 0 Å². The molecule has 86 valence electrons. The molecule has 0 aromatic heterocycles. The molecule has 0 aliphatic rings. The molecule has 1 rings (SSSR count).